The van der Waals surface area contributed by atoms with E-state index in [1.54, 1.807) is 6.07 Å². The van der Waals surface area contributed by atoms with E-state index in [0.717, 1.165) is 45.3 Å². The summed E-state index contributed by atoms with van der Waals surface area (Å²) in [4.78, 5) is 12.4. The van der Waals surface area contributed by atoms with Crippen LogP contribution in [0.3, 0.4) is 0 Å². The Morgan fingerprint density at radius 1 is 1.43 bits per heavy atom. The van der Waals surface area contributed by atoms with Crippen LogP contribution in [0.5, 0.6) is 0 Å². The molecule has 21 heavy (non-hydrogen) atoms. The second kappa shape index (κ2) is 7.36. The van der Waals surface area contributed by atoms with Crippen LogP contribution in [0.25, 0.3) is 0 Å². The van der Waals surface area contributed by atoms with Crippen LogP contribution in [0.4, 0.5) is 15.8 Å². The van der Waals surface area contributed by atoms with Gasteiger partial charge in [0.25, 0.3) is 0 Å². The molecule has 1 unspecified atom stereocenters. The number of rotatable bonds is 5. The number of nitrogens with one attached hydrogen (secondary N) is 1. The van der Waals surface area contributed by atoms with Gasteiger partial charge in [0, 0.05) is 30.4 Å². The van der Waals surface area contributed by atoms with Crippen molar-refractivity contribution in [1.29, 1.82) is 0 Å². The molecule has 0 saturated carbocycles. The molecule has 1 saturated heterocycles. The molecule has 6 heteroatoms. The van der Waals surface area contributed by atoms with E-state index in [-0.39, 0.29) is 0 Å². The number of likely N-dealkylation sites (tertiary alicyclic amines) is 1. The van der Waals surface area contributed by atoms with Gasteiger partial charge in [-0.25, -0.2) is 0 Å². The zero-order chi connectivity index (χ0) is 15.2. The lowest BCUT2D eigenvalue weighted by molar-refractivity contribution is -0.387. The van der Waals surface area contributed by atoms with Crippen molar-refractivity contribution in [3.63, 3.8) is 0 Å². The van der Waals surface area contributed by atoms with E-state index >= 15 is 0 Å². The van der Waals surface area contributed by atoms with E-state index in [4.69, 9.17) is 0 Å². The maximum atomic E-state index is 13.6. The third-order valence-electron chi connectivity index (χ3n) is 3.88. The molecule has 1 aromatic rings. The minimum absolute atomic E-state index is 0.299. The number of hydrogen-bond acceptors (Lipinski definition) is 4. The molecule has 116 valence electrons. The smallest absolute Gasteiger partial charge is 0.304 e. The molecule has 1 aliphatic heterocycles. The largest absolute Gasteiger partial charge is 0.382 e. The molecule has 1 N–H and O–H groups in total. The van der Waals surface area contributed by atoms with E-state index < -0.39 is 16.4 Å². The van der Waals surface area contributed by atoms with Gasteiger partial charge in [-0.1, -0.05) is 6.92 Å². The van der Waals surface area contributed by atoms with Gasteiger partial charge in [0.2, 0.25) is 5.82 Å². The van der Waals surface area contributed by atoms with Crippen LogP contribution in [-0.2, 0) is 0 Å². The van der Waals surface area contributed by atoms with Crippen LogP contribution in [-0.4, -0.2) is 35.5 Å². The third-order valence-corrected chi connectivity index (χ3v) is 3.88. The predicted octanol–water partition coefficient (Wildman–Crippen LogP) is 3.41. The van der Waals surface area contributed by atoms with Crippen molar-refractivity contribution in [3.8, 4) is 0 Å². The van der Waals surface area contributed by atoms with Crippen molar-refractivity contribution < 1.29 is 9.31 Å². The highest BCUT2D eigenvalue weighted by molar-refractivity contribution is 5.50. The average Bonchev–Trinajstić information content (AvgIpc) is 2.65. The second-order valence-corrected chi connectivity index (χ2v) is 5.54. The van der Waals surface area contributed by atoms with Crippen LogP contribution in [0.15, 0.2) is 18.2 Å². The summed E-state index contributed by atoms with van der Waals surface area (Å²) in [5, 5.41) is 13.9. The summed E-state index contributed by atoms with van der Waals surface area (Å²) in [6, 6.07) is 4.31. The molecule has 0 bridgehead atoms. The third kappa shape index (κ3) is 4.39. The molecule has 0 spiro atoms. The van der Waals surface area contributed by atoms with E-state index in [2.05, 4.69) is 17.1 Å². The van der Waals surface area contributed by atoms with Crippen molar-refractivity contribution in [2.75, 3.05) is 25.0 Å². The molecular formula is C15H22FN3O2. The highest BCUT2D eigenvalue weighted by Gasteiger charge is 2.18. The first-order chi connectivity index (χ1) is 10.1. The summed E-state index contributed by atoms with van der Waals surface area (Å²) in [6.07, 6.45) is 4.33. The average molecular weight is 295 g/mol. The number of anilines is 1. The summed E-state index contributed by atoms with van der Waals surface area (Å²) in [7, 11) is 0. The molecule has 1 aromatic carbocycles. The molecule has 0 aromatic heterocycles. The Kier molecular flexibility index (Phi) is 5.50. The van der Waals surface area contributed by atoms with Crippen LogP contribution in [0.1, 0.15) is 32.6 Å². The molecule has 0 radical (unpaired) electrons. The van der Waals surface area contributed by atoms with Crippen molar-refractivity contribution >= 4 is 11.4 Å². The van der Waals surface area contributed by atoms with Gasteiger partial charge >= 0.3 is 5.69 Å². The molecular weight excluding hydrogens is 273 g/mol. The summed E-state index contributed by atoms with van der Waals surface area (Å²) < 4.78 is 13.6. The van der Waals surface area contributed by atoms with Gasteiger partial charge in [0.05, 0.1) is 4.92 Å². The first kappa shape index (κ1) is 15.7. The lowest BCUT2D eigenvalue weighted by Gasteiger charge is -2.20. The monoisotopic (exact) mass is 295 g/mol. The number of nitrogens with zero attached hydrogens (tertiary/aromatic N) is 2. The zero-order valence-corrected chi connectivity index (χ0v) is 12.3. The van der Waals surface area contributed by atoms with Crippen molar-refractivity contribution in [3.05, 3.63) is 34.1 Å². The Hall–Kier alpha value is -1.69. The maximum Gasteiger partial charge on any atom is 0.304 e. The minimum atomic E-state index is -0.786. The first-order valence-corrected chi connectivity index (χ1v) is 7.53. The van der Waals surface area contributed by atoms with Gasteiger partial charge in [0.15, 0.2) is 0 Å². The van der Waals surface area contributed by atoms with Crippen LogP contribution in [0, 0.1) is 15.9 Å². The molecule has 1 atom stereocenters. The Bertz CT molecular complexity index is 496. The zero-order valence-electron chi connectivity index (χ0n) is 12.3. The molecule has 1 heterocycles. The Balaban J connectivity index is 1.95. The molecule has 0 aliphatic carbocycles. The summed E-state index contributed by atoms with van der Waals surface area (Å²) in [5.41, 5.74) is 0.141. The van der Waals surface area contributed by atoms with E-state index in [0.29, 0.717) is 11.7 Å². The molecule has 1 aliphatic rings. The fraction of sp³-hybridized carbons (Fsp3) is 0.600. The topological polar surface area (TPSA) is 58.4 Å². The van der Waals surface area contributed by atoms with Gasteiger partial charge in [-0.2, -0.15) is 4.39 Å². The predicted molar refractivity (Wildman–Crippen MR) is 81.0 cm³/mol. The van der Waals surface area contributed by atoms with Crippen LogP contribution >= 0.6 is 0 Å². The number of nitro benzene ring substituents is 1. The normalized spacial score (nSPS) is 20.0. The van der Waals surface area contributed by atoms with E-state index in [1.165, 1.54) is 12.1 Å². The number of hydrogen-bond donors (Lipinski definition) is 1. The summed E-state index contributed by atoms with van der Waals surface area (Å²) in [5.74, 6) is -0.786. The fourth-order valence-electron chi connectivity index (χ4n) is 2.82. The quantitative estimate of drug-likeness (QED) is 0.668. The summed E-state index contributed by atoms with van der Waals surface area (Å²) >= 11 is 0. The molecule has 2 rings (SSSR count). The Morgan fingerprint density at radius 2 is 2.24 bits per heavy atom. The number of nitro groups is 1. The second-order valence-electron chi connectivity index (χ2n) is 5.54. The van der Waals surface area contributed by atoms with E-state index in [1.807, 2.05) is 0 Å². The van der Waals surface area contributed by atoms with Crippen molar-refractivity contribution in [2.45, 2.75) is 38.6 Å². The van der Waals surface area contributed by atoms with Crippen molar-refractivity contribution in [2.24, 2.45) is 0 Å². The lowest BCUT2D eigenvalue weighted by atomic mass is 10.1. The lowest BCUT2D eigenvalue weighted by Crippen LogP contribution is -2.27. The van der Waals surface area contributed by atoms with Crippen LogP contribution < -0.4 is 5.32 Å². The Labute approximate surface area is 124 Å². The van der Waals surface area contributed by atoms with Crippen molar-refractivity contribution in [1.82, 2.24) is 4.90 Å². The number of benzene rings is 1. The van der Waals surface area contributed by atoms with Gasteiger partial charge < -0.3 is 10.2 Å². The van der Waals surface area contributed by atoms with Gasteiger partial charge in [-0.15, -0.1) is 0 Å². The highest BCUT2D eigenvalue weighted by Crippen LogP contribution is 2.23. The van der Waals surface area contributed by atoms with E-state index in [9.17, 15) is 14.5 Å². The van der Waals surface area contributed by atoms with Gasteiger partial charge in [-0.05, 0) is 44.8 Å². The maximum absolute atomic E-state index is 13.6. The molecule has 1 fully saturated rings. The molecule has 5 nitrogen and oxygen atoms in total. The Morgan fingerprint density at radius 3 is 2.90 bits per heavy atom. The first-order valence-electron chi connectivity index (χ1n) is 7.53. The summed E-state index contributed by atoms with van der Waals surface area (Å²) in [6.45, 7) is 5.46. The van der Waals surface area contributed by atoms with Crippen LogP contribution in [0.2, 0.25) is 0 Å². The molecule has 0 amide bonds. The SMILES string of the molecule is CCCN1CCCC(Nc2ccc([N+](=O)[O-])c(F)c2)CC1. The minimum Gasteiger partial charge on any atom is -0.382 e. The van der Waals surface area contributed by atoms with Gasteiger partial charge in [0.1, 0.15) is 0 Å². The fourth-order valence-corrected chi connectivity index (χ4v) is 2.82. The van der Waals surface area contributed by atoms with Gasteiger partial charge in [-0.3, -0.25) is 10.1 Å². The standard InChI is InChI=1S/C15H22FN3O2/c1-2-8-18-9-3-4-12(7-10-18)17-13-5-6-15(19(20)21)14(16)11-13/h5-6,11-12,17H,2-4,7-10H2,1H3. The highest BCUT2D eigenvalue weighted by atomic mass is 19.1. The number of halogens is 1.